The Balaban J connectivity index is 1.41. The van der Waals surface area contributed by atoms with E-state index in [0.717, 1.165) is 59.5 Å². The third kappa shape index (κ3) is 4.47. The Labute approximate surface area is 193 Å². The van der Waals surface area contributed by atoms with E-state index in [4.69, 9.17) is 16.7 Å². The van der Waals surface area contributed by atoms with E-state index in [1.54, 1.807) is 4.68 Å². The van der Waals surface area contributed by atoms with Gasteiger partial charge in [0.1, 0.15) is 0 Å². The molecule has 0 saturated carbocycles. The Morgan fingerprint density at radius 2 is 1.47 bits per heavy atom. The van der Waals surface area contributed by atoms with Crippen LogP contribution in [0.1, 0.15) is 35.7 Å². The maximum Gasteiger partial charge on any atom is 0.274 e. The summed E-state index contributed by atoms with van der Waals surface area (Å²) >= 11 is 6.06. The van der Waals surface area contributed by atoms with Gasteiger partial charge in [0, 0.05) is 36.5 Å². The molecule has 1 aliphatic rings. The first-order valence-electron chi connectivity index (χ1n) is 11.2. The van der Waals surface area contributed by atoms with Crippen molar-refractivity contribution in [2.24, 2.45) is 0 Å². The molecule has 1 saturated heterocycles. The Morgan fingerprint density at radius 3 is 2.19 bits per heavy atom. The second-order valence-corrected chi connectivity index (χ2v) is 8.97. The number of rotatable bonds is 5. The highest BCUT2D eigenvalue weighted by Crippen LogP contribution is 2.24. The van der Waals surface area contributed by atoms with Gasteiger partial charge in [-0.15, -0.1) is 0 Å². The lowest BCUT2D eigenvalue weighted by atomic mass is 10.0. The zero-order valence-electron chi connectivity index (χ0n) is 18.0. The Bertz CT molecular complexity index is 1260. The largest absolute Gasteiger partial charge is 0.299 e. The number of hydrogen-bond donors (Lipinski definition) is 0. The first-order chi connectivity index (χ1) is 15.7. The van der Waals surface area contributed by atoms with Crippen LogP contribution >= 0.6 is 11.6 Å². The summed E-state index contributed by atoms with van der Waals surface area (Å²) < 4.78 is 1.76. The van der Waals surface area contributed by atoms with Gasteiger partial charge in [-0.1, -0.05) is 72.3 Å². The van der Waals surface area contributed by atoms with Crippen molar-refractivity contribution >= 4 is 22.4 Å². The van der Waals surface area contributed by atoms with E-state index in [1.807, 2.05) is 48.5 Å². The second-order valence-electron chi connectivity index (χ2n) is 8.54. The summed E-state index contributed by atoms with van der Waals surface area (Å²) in [6.45, 7) is 2.88. The molecule has 0 radical (unpaired) electrons. The number of benzene rings is 3. The van der Waals surface area contributed by atoms with Gasteiger partial charge >= 0.3 is 0 Å². The van der Waals surface area contributed by atoms with E-state index in [-0.39, 0.29) is 11.6 Å². The number of fused-ring (bicyclic) bond motifs is 1. The average molecular weight is 444 g/mol. The standard InChI is InChI=1S/C27H26ClN3O/c28-22-12-10-20(11-13-22)18-26-24-8-4-5-9-25(24)27(32)31(29-26)23-14-16-30(17-15-23)19-21-6-2-1-3-7-21/h1-13,23H,14-19H2. The molecule has 1 aromatic heterocycles. The van der Waals surface area contributed by atoms with Gasteiger partial charge in [0.25, 0.3) is 5.56 Å². The van der Waals surface area contributed by atoms with Crippen LogP contribution in [0, 0.1) is 0 Å². The van der Waals surface area contributed by atoms with Crippen LogP contribution < -0.4 is 5.56 Å². The Morgan fingerprint density at radius 1 is 0.812 bits per heavy atom. The fourth-order valence-electron chi connectivity index (χ4n) is 4.61. The van der Waals surface area contributed by atoms with Crippen LogP contribution in [0.3, 0.4) is 0 Å². The molecule has 3 aromatic carbocycles. The van der Waals surface area contributed by atoms with E-state index in [2.05, 4.69) is 35.2 Å². The summed E-state index contributed by atoms with van der Waals surface area (Å²) in [6, 6.07) is 26.4. The third-order valence-electron chi connectivity index (χ3n) is 6.34. The van der Waals surface area contributed by atoms with E-state index < -0.39 is 0 Å². The van der Waals surface area contributed by atoms with Crippen LogP contribution in [-0.2, 0) is 13.0 Å². The molecule has 0 amide bonds. The molecule has 0 spiro atoms. The summed E-state index contributed by atoms with van der Waals surface area (Å²) in [6.07, 6.45) is 2.53. The van der Waals surface area contributed by atoms with Gasteiger partial charge in [0.05, 0.1) is 17.1 Å². The fraction of sp³-hybridized carbons (Fsp3) is 0.259. The van der Waals surface area contributed by atoms with Crippen molar-refractivity contribution in [2.45, 2.75) is 31.8 Å². The predicted molar refractivity (Wildman–Crippen MR) is 130 cm³/mol. The van der Waals surface area contributed by atoms with Gasteiger partial charge in [-0.3, -0.25) is 9.69 Å². The van der Waals surface area contributed by atoms with Crippen LogP contribution in [0.5, 0.6) is 0 Å². The van der Waals surface area contributed by atoms with Gasteiger partial charge < -0.3 is 0 Å². The normalized spacial score (nSPS) is 15.3. The van der Waals surface area contributed by atoms with Crippen molar-refractivity contribution in [2.75, 3.05) is 13.1 Å². The summed E-state index contributed by atoms with van der Waals surface area (Å²) in [5.41, 5.74) is 3.42. The summed E-state index contributed by atoms with van der Waals surface area (Å²) in [5, 5.41) is 7.31. The van der Waals surface area contributed by atoms with Crippen LogP contribution in [0.25, 0.3) is 10.8 Å². The van der Waals surface area contributed by atoms with E-state index in [0.29, 0.717) is 6.42 Å². The SMILES string of the molecule is O=c1c2ccccc2c(Cc2ccc(Cl)cc2)nn1C1CCN(Cc2ccccc2)CC1. The van der Waals surface area contributed by atoms with E-state index in [1.165, 1.54) is 5.56 Å². The number of aromatic nitrogens is 2. The second kappa shape index (κ2) is 9.27. The minimum atomic E-state index is 0.0157. The van der Waals surface area contributed by atoms with Gasteiger partial charge in [-0.2, -0.15) is 5.10 Å². The lowest BCUT2D eigenvalue weighted by Gasteiger charge is -2.32. The Hall–Kier alpha value is -2.95. The van der Waals surface area contributed by atoms with Crippen molar-refractivity contribution in [3.8, 4) is 0 Å². The van der Waals surface area contributed by atoms with Crippen molar-refractivity contribution in [3.63, 3.8) is 0 Å². The van der Waals surface area contributed by atoms with Crippen molar-refractivity contribution < 1.29 is 0 Å². The molecule has 4 aromatic rings. The first-order valence-corrected chi connectivity index (χ1v) is 11.6. The van der Waals surface area contributed by atoms with Gasteiger partial charge in [-0.05, 0) is 42.2 Å². The number of likely N-dealkylation sites (tertiary alicyclic amines) is 1. The zero-order valence-corrected chi connectivity index (χ0v) is 18.7. The van der Waals surface area contributed by atoms with Crippen LogP contribution in [0.2, 0.25) is 5.02 Å². The summed E-state index contributed by atoms with van der Waals surface area (Å²) in [7, 11) is 0. The third-order valence-corrected chi connectivity index (χ3v) is 6.59. The van der Waals surface area contributed by atoms with Gasteiger partial charge in [0.2, 0.25) is 0 Å². The lowest BCUT2D eigenvalue weighted by molar-refractivity contribution is 0.170. The predicted octanol–water partition coefficient (Wildman–Crippen LogP) is 5.48. The maximum absolute atomic E-state index is 13.3. The molecule has 1 fully saturated rings. The molecule has 32 heavy (non-hydrogen) atoms. The Kier molecular flexibility index (Phi) is 6.06. The molecule has 0 atom stereocenters. The molecule has 1 aliphatic heterocycles. The summed E-state index contributed by atoms with van der Waals surface area (Å²) in [4.78, 5) is 15.8. The van der Waals surface area contributed by atoms with Crippen LogP contribution in [0.15, 0.2) is 83.7 Å². The van der Waals surface area contributed by atoms with Crippen LogP contribution in [0.4, 0.5) is 0 Å². The van der Waals surface area contributed by atoms with Gasteiger partial charge in [0.15, 0.2) is 0 Å². The van der Waals surface area contributed by atoms with Crippen molar-refractivity contribution in [3.05, 3.63) is 111 Å². The lowest BCUT2D eigenvalue weighted by Crippen LogP contribution is -2.38. The molecule has 0 N–H and O–H groups in total. The topological polar surface area (TPSA) is 38.1 Å². The quantitative estimate of drug-likeness (QED) is 0.410. The van der Waals surface area contributed by atoms with Crippen LogP contribution in [-0.4, -0.2) is 27.8 Å². The van der Waals surface area contributed by atoms with E-state index >= 15 is 0 Å². The van der Waals surface area contributed by atoms with E-state index in [9.17, 15) is 4.79 Å². The molecule has 0 aliphatic carbocycles. The van der Waals surface area contributed by atoms with Gasteiger partial charge in [-0.25, -0.2) is 4.68 Å². The fourth-order valence-corrected chi connectivity index (χ4v) is 4.74. The van der Waals surface area contributed by atoms with Crippen molar-refractivity contribution in [1.29, 1.82) is 0 Å². The zero-order chi connectivity index (χ0) is 21.9. The number of halogens is 1. The molecular formula is C27H26ClN3O. The molecular weight excluding hydrogens is 418 g/mol. The minimum absolute atomic E-state index is 0.0157. The monoisotopic (exact) mass is 443 g/mol. The molecule has 2 heterocycles. The minimum Gasteiger partial charge on any atom is -0.299 e. The molecule has 5 heteroatoms. The molecule has 5 rings (SSSR count). The molecule has 0 bridgehead atoms. The molecule has 4 nitrogen and oxygen atoms in total. The highest BCUT2D eigenvalue weighted by molar-refractivity contribution is 6.30. The molecule has 0 unspecified atom stereocenters. The number of piperidine rings is 1. The number of nitrogens with zero attached hydrogens (tertiary/aromatic N) is 3. The smallest absolute Gasteiger partial charge is 0.274 e. The average Bonchev–Trinajstić information content (AvgIpc) is 2.84. The molecule has 162 valence electrons. The maximum atomic E-state index is 13.3. The summed E-state index contributed by atoms with van der Waals surface area (Å²) in [5.74, 6) is 0. The number of hydrogen-bond acceptors (Lipinski definition) is 3. The highest BCUT2D eigenvalue weighted by atomic mass is 35.5. The van der Waals surface area contributed by atoms with Crippen molar-refractivity contribution in [1.82, 2.24) is 14.7 Å². The highest BCUT2D eigenvalue weighted by Gasteiger charge is 2.24. The first kappa shape index (κ1) is 20.9.